The molecule has 0 radical (unpaired) electrons. The van der Waals surface area contributed by atoms with Crippen LogP contribution in [-0.4, -0.2) is 81.4 Å². The smallest absolute Gasteiger partial charge is 0.295 e. The van der Waals surface area contributed by atoms with E-state index in [9.17, 15) is 14.7 Å². The average Bonchev–Trinajstić information content (AvgIpc) is 3.43. The molecule has 2 N–H and O–H groups in total. The Bertz CT molecular complexity index is 1250. The summed E-state index contributed by atoms with van der Waals surface area (Å²) < 4.78 is 22.1. The van der Waals surface area contributed by atoms with Gasteiger partial charge in [0.1, 0.15) is 30.7 Å². The number of likely N-dealkylation sites (tertiary alicyclic amines) is 1. The second kappa shape index (κ2) is 11.0. The van der Waals surface area contributed by atoms with E-state index in [0.717, 1.165) is 50.6 Å². The number of carbonyl (C=O) groups excluding carboxylic acids is 2. The topological polar surface area (TPSA) is 99.0 Å². The Labute approximate surface area is 222 Å². The predicted molar refractivity (Wildman–Crippen MR) is 140 cm³/mol. The van der Waals surface area contributed by atoms with Crippen molar-refractivity contribution in [3.63, 3.8) is 0 Å². The van der Waals surface area contributed by atoms with Gasteiger partial charge in [-0.05, 0) is 48.4 Å². The van der Waals surface area contributed by atoms with Gasteiger partial charge in [-0.2, -0.15) is 0 Å². The molecule has 2 saturated heterocycles. The number of rotatable bonds is 8. The van der Waals surface area contributed by atoms with Crippen LogP contribution in [0.4, 0.5) is 0 Å². The lowest BCUT2D eigenvalue weighted by atomic mass is 9.94. The van der Waals surface area contributed by atoms with Gasteiger partial charge in [0, 0.05) is 24.9 Å². The number of ketones is 1. The van der Waals surface area contributed by atoms with E-state index in [4.69, 9.17) is 18.9 Å². The van der Waals surface area contributed by atoms with E-state index in [1.807, 2.05) is 19.1 Å². The number of hydrogen-bond donors (Lipinski definition) is 2. The second-order valence-electron chi connectivity index (χ2n) is 10.0. The summed E-state index contributed by atoms with van der Waals surface area (Å²) in [5.74, 6) is 0.310. The van der Waals surface area contributed by atoms with Gasteiger partial charge in [-0.15, -0.1) is 0 Å². The van der Waals surface area contributed by atoms with Crippen LogP contribution in [0, 0.1) is 0 Å². The van der Waals surface area contributed by atoms with Gasteiger partial charge in [-0.1, -0.05) is 6.07 Å². The van der Waals surface area contributed by atoms with Crippen LogP contribution in [0.3, 0.4) is 0 Å². The highest BCUT2D eigenvalue weighted by Crippen LogP contribution is 2.42. The van der Waals surface area contributed by atoms with E-state index >= 15 is 0 Å². The van der Waals surface area contributed by atoms with Crippen LogP contribution in [0.1, 0.15) is 36.1 Å². The van der Waals surface area contributed by atoms with Crippen molar-refractivity contribution < 1.29 is 38.5 Å². The molecule has 2 aromatic carbocycles. The number of nitrogens with one attached hydrogen (secondary N) is 1. The molecular weight excluding hydrogens is 488 g/mol. The second-order valence-corrected chi connectivity index (χ2v) is 10.0. The minimum atomic E-state index is -0.752. The molecule has 38 heavy (non-hydrogen) atoms. The van der Waals surface area contributed by atoms with Crippen LogP contribution >= 0.6 is 0 Å². The normalized spacial score (nSPS) is 22.9. The van der Waals surface area contributed by atoms with Crippen molar-refractivity contribution in [3.05, 3.63) is 58.7 Å². The molecule has 0 spiro atoms. The van der Waals surface area contributed by atoms with Crippen molar-refractivity contribution >= 4 is 17.4 Å². The molecule has 3 heterocycles. The van der Waals surface area contributed by atoms with E-state index in [1.165, 1.54) is 12.0 Å². The van der Waals surface area contributed by atoms with Gasteiger partial charge < -0.3 is 33.9 Å². The molecule has 202 valence electrons. The van der Waals surface area contributed by atoms with Crippen LogP contribution in [-0.2, 0) is 20.7 Å². The third kappa shape index (κ3) is 4.96. The zero-order chi connectivity index (χ0) is 26.8. The summed E-state index contributed by atoms with van der Waals surface area (Å²) in [5.41, 5.74) is 2.20. The minimum Gasteiger partial charge on any atom is -0.507 e. The lowest BCUT2D eigenvalue weighted by Gasteiger charge is -2.28. The number of benzene rings is 2. The first-order chi connectivity index (χ1) is 18.4. The highest BCUT2D eigenvalue weighted by Gasteiger charge is 2.46. The lowest BCUT2D eigenvalue weighted by Crippen LogP contribution is -3.14. The fraction of sp³-hybridized carbons (Fsp3) is 0.448. The molecule has 0 aromatic heterocycles. The first-order valence-corrected chi connectivity index (χ1v) is 13.1. The number of carbonyl (C=O) groups is 2. The number of morpholine rings is 1. The summed E-state index contributed by atoms with van der Waals surface area (Å²) in [4.78, 5) is 29.8. The van der Waals surface area contributed by atoms with E-state index in [1.54, 1.807) is 36.3 Å². The van der Waals surface area contributed by atoms with E-state index < -0.39 is 17.7 Å². The molecule has 3 aliphatic rings. The number of aliphatic hydroxyl groups excluding tert-OH is 1. The zero-order valence-electron chi connectivity index (χ0n) is 22.1. The van der Waals surface area contributed by atoms with Crippen LogP contribution < -0.4 is 19.1 Å². The Morgan fingerprint density at radius 2 is 1.84 bits per heavy atom. The summed E-state index contributed by atoms with van der Waals surface area (Å²) in [6, 6.07) is 9.95. The molecule has 0 aliphatic carbocycles. The van der Waals surface area contributed by atoms with Gasteiger partial charge in [0.05, 0.1) is 45.6 Å². The summed E-state index contributed by atoms with van der Waals surface area (Å²) in [5, 5.41) is 11.5. The summed E-state index contributed by atoms with van der Waals surface area (Å²) in [7, 11) is 3.09. The van der Waals surface area contributed by atoms with Crippen molar-refractivity contribution in [2.24, 2.45) is 0 Å². The Hall–Kier alpha value is -3.56. The monoisotopic (exact) mass is 523 g/mol. The maximum absolute atomic E-state index is 13.4. The van der Waals surface area contributed by atoms with Crippen molar-refractivity contribution in [1.29, 1.82) is 0 Å². The minimum absolute atomic E-state index is 0.0494. The van der Waals surface area contributed by atoms with Crippen LogP contribution in [0.5, 0.6) is 17.2 Å². The predicted octanol–water partition coefficient (Wildman–Crippen LogP) is 1.75. The van der Waals surface area contributed by atoms with Crippen LogP contribution in [0.15, 0.2) is 42.0 Å². The molecule has 0 bridgehead atoms. The highest BCUT2D eigenvalue weighted by molar-refractivity contribution is 6.46. The molecule has 0 unspecified atom stereocenters. The maximum Gasteiger partial charge on any atom is 0.295 e. The van der Waals surface area contributed by atoms with Gasteiger partial charge in [0.2, 0.25) is 0 Å². The molecule has 3 aliphatic heterocycles. The Morgan fingerprint density at radius 3 is 2.58 bits per heavy atom. The first-order valence-electron chi connectivity index (χ1n) is 13.1. The fourth-order valence-corrected chi connectivity index (χ4v) is 5.61. The molecule has 9 nitrogen and oxygen atoms in total. The number of fused-ring (bicyclic) bond motifs is 1. The van der Waals surface area contributed by atoms with Crippen molar-refractivity contribution in [2.45, 2.75) is 31.9 Å². The number of Topliss-reactive ketones (excluding diaryl/α,β-unsaturated/α-hetero) is 1. The van der Waals surface area contributed by atoms with Gasteiger partial charge in [0.25, 0.3) is 11.7 Å². The third-order valence-corrected chi connectivity index (χ3v) is 7.56. The molecule has 1 amide bonds. The fourth-order valence-electron chi connectivity index (χ4n) is 5.61. The molecule has 2 aromatic rings. The van der Waals surface area contributed by atoms with Gasteiger partial charge in [-0.25, -0.2) is 0 Å². The van der Waals surface area contributed by atoms with Crippen molar-refractivity contribution in [3.8, 4) is 17.2 Å². The summed E-state index contributed by atoms with van der Waals surface area (Å²) in [6.07, 6.45) is 1.49. The van der Waals surface area contributed by atoms with Gasteiger partial charge in [-0.3, -0.25) is 9.59 Å². The number of ether oxygens (including phenoxy) is 4. The van der Waals surface area contributed by atoms with Crippen molar-refractivity contribution in [1.82, 2.24) is 4.90 Å². The average molecular weight is 524 g/mol. The number of methoxy groups -OCH3 is 2. The quantitative estimate of drug-likeness (QED) is 0.309. The Kier molecular flexibility index (Phi) is 7.58. The van der Waals surface area contributed by atoms with Crippen molar-refractivity contribution in [2.75, 3.05) is 53.6 Å². The molecular formula is C29H35N2O7+. The van der Waals surface area contributed by atoms with Gasteiger partial charge >= 0.3 is 0 Å². The molecule has 0 saturated carbocycles. The largest absolute Gasteiger partial charge is 0.507 e. The molecule has 2 fully saturated rings. The number of quaternary nitrogens is 1. The number of nitrogens with zero attached hydrogens (tertiary/aromatic N) is 1. The number of amides is 1. The first kappa shape index (κ1) is 26.1. The number of hydrogen-bond acceptors (Lipinski definition) is 7. The van der Waals surface area contributed by atoms with E-state index in [0.29, 0.717) is 35.6 Å². The maximum atomic E-state index is 13.4. The van der Waals surface area contributed by atoms with E-state index in [2.05, 4.69) is 0 Å². The Balaban J connectivity index is 1.52. The van der Waals surface area contributed by atoms with E-state index in [-0.39, 0.29) is 17.4 Å². The zero-order valence-corrected chi connectivity index (χ0v) is 22.1. The lowest BCUT2D eigenvalue weighted by molar-refractivity contribution is -0.908. The Morgan fingerprint density at radius 1 is 1.08 bits per heavy atom. The standard InChI is InChI=1S/C29H34N2O7/c1-18-15-21-16-20(6-7-22(21)38-18)27(32)25-26(19-5-8-23(35-2)24(17-19)36-3)31(29(34)28(25)33)10-4-9-30-11-13-37-14-12-30/h5-8,16-18,26,32H,4,9-15H2,1-3H3/p+1/t18-,26+/m1/s1. The molecule has 9 heteroatoms. The summed E-state index contributed by atoms with van der Waals surface area (Å²) >= 11 is 0. The van der Waals surface area contributed by atoms with Gasteiger partial charge in [0.15, 0.2) is 11.5 Å². The molecule has 5 rings (SSSR count). The SMILES string of the molecule is COc1ccc([C@H]2C(=C(O)c3ccc4c(c3)C[C@@H](C)O4)C(=O)C(=O)N2CCC[NH+]2CCOCC2)cc1OC. The molecule has 2 atom stereocenters. The summed E-state index contributed by atoms with van der Waals surface area (Å²) in [6.45, 7) is 6.57. The highest BCUT2D eigenvalue weighted by atomic mass is 16.5. The van der Waals surface area contributed by atoms with Crippen LogP contribution in [0.25, 0.3) is 5.76 Å². The van der Waals surface area contributed by atoms with Crippen LogP contribution in [0.2, 0.25) is 0 Å². The number of aliphatic hydroxyl groups is 1. The third-order valence-electron chi connectivity index (χ3n) is 7.56.